The molecule has 6 rings (SSSR count). The monoisotopic (exact) mass is 553 g/mol. The van der Waals surface area contributed by atoms with Gasteiger partial charge in [-0.2, -0.15) is 0 Å². The number of hydrogen-bond acceptors (Lipinski definition) is 5. The Morgan fingerprint density at radius 3 is 2.24 bits per heavy atom. The van der Waals surface area contributed by atoms with Crippen LogP contribution in [0.4, 0.5) is 5.69 Å². The molecule has 3 aromatic rings. The van der Waals surface area contributed by atoms with Gasteiger partial charge in [0.05, 0.1) is 6.67 Å². The van der Waals surface area contributed by atoms with Gasteiger partial charge in [0.25, 0.3) is 11.8 Å². The second kappa shape index (κ2) is 11.2. The first kappa shape index (κ1) is 27.3. The summed E-state index contributed by atoms with van der Waals surface area (Å²) in [5.74, 6) is -0.0275. The van der Waals surface area contributed by atoms with E-state index in [2.05, 4.69) is 16.8 Å². The largest absolute Gasteiger partial charge is 0.341 e. The molecule has 3 aliphatic heterocycles. The summed E-state index contributed by atoms with van der Waals surface area (Å²) in [5, 5.41) is 2.14. The molecule has 0 atom stereocenters. The number of piperidine rings is 2. The number of nitrogens with zero attached hydrogens (tertiary/aromatic N) is 5. The zero-order chi connectivity index (χ0) is 28.6. The molecule has 0 aliphatic carbocycles. The molecule has 0 radical (unpaired) electrons. The van der Waals surface area contributed by atoms with Crippen molar-refractivity contribution in [3.8, 4) is 0 Å². The van der Waals surface area contributed by atoms with Gasteiger partial charge in [-0.25, -0.2) is 0 Å². The van der Waals surface area contributed by atoms with E-state index in [1.807, 2.05) is 89.6 Å². The molecule has 0 N–H and O–H groups in total. The number of amides is 3. The average molecular weight is 554 g/mol. The minimum Gasteiger partial charge on any atom is -0.341 e. The lowest BCUT2D eigenvalue weighted by Crippen LogP contribution is -2.57. The molecule has 3 saturated heterocycles. The first-order chi connectivity index (χ1) is 19.9. The molecule has 0 saturated carbocycles. The van der Waals surface area contributed by atoms with E-state index in [1.165, 1.54) is 0 Å². The summed E-state index contributed by atoms with van der Waals surface area (Å²) in [6.45, 7) is 3.37. The summed E-state index contributed by atoms with van der Waals surface area (Å²) in [4.78, 5) is 50.9. The fraction of sp³-hybridized carbons (Fsp3) is 0.424. The number of hydrogen-bond donors (Lipinski definition) is 0. The number of fused-ring (bicyclic) bond motifs is 1. The average Bonchev–Trinajstić information content (AvgIpc) is 3.27. The van der Waals surface area contributed by atoms with E-state index >= 15 is 0 Å². The van der Waals surface area contributed by atoms with Gasteiger partial charge in [0.1, 0.15) is 12.1 Å². The van der Waals surface area contributed by atoms with Gasteiger partial charge in [0.15, 0.2) is 0 Å². The third kappa shape index (κ3) is 5.17. The summed E-state index contributed by atoms with van der Waals surface area (Å²) in [6.07, 6.45) is 2.95. The van der Waals surface area contributed by atoms with Gasteiger partial charge in [-0.1, -0.05) is 48.5 Å². The lowest BCUT2D eigenvalue weighted by Gasteiger charge is -2.43. The second-order valence-corrected chi connectivity index (χ2v) is 11.8. The Bertz CT molecular complexity index is 1430. The molecule has 0 unspecified atom stereocenters. The van der Waals surface area contributed by atoms with E-state index in [1.54, 1.807) is 4.90 Å². The van der Waals surface area contributed by atoms with E-state index in [0.29, 0.717) is 38.2 Å². The summed E-state index contributed by atoms with van der Waals surface area (Å²) in [5.41, 5.74) is 0.865. The van der Waals surface area contributed by atoms with Gasteiger partial charge in [0, 0.05) is 37.4 Å². The number of carbonyl (C=O) groups is 3. The van der Waals surface area contributed by atoms with Gasteiger partial charge in [-0.15, -0.1) is 0 Å². The van der Waals surface area contributed by atoms with E-state index in [0.717, 1.165) is 42.4 Å². The smallest absolute Gasteiger partial charge is 0.253 e. The second-order valence-electron chi connectivity index (χ2n) is 11.8. The molecule has 3 amide bonds. The Hall–Kier alpha value is -3.91. The van der Waals surface area contributed by atoms with Crippen molar-refractivity contribution in [2.45, 2.75) is 37.3 Å². The summed E-state index contributed by atoms with van der Waals surface area (Å²) < 4.78 is 0. The van der Waals surface area contributed by atoms with E-state index in [-0.39, 0.29) is 30.3 Å². The molecule has 3 aliphatic rings. The zero-order valence-corrected chi connectivity index (χ0v) is 24.0. The van der Waals surface area contributed by atoms with Crippen LogP contribution in [0.15, 0.2) is 72.8 Å². The molecule has 214 valence electrons. The predicted octanol–water partition coefficient (Wildman–Crippen LogP) is 3.67. The molecule has 3 fully saturated rings. The van der Waals surface area contributed by atoms with Crippen molar-refractivity contribution in [3.05, 3.63) is 78.4 Å². The maximum atomic E-state index is 14.1. The van der Waals surface area contributed by atoms with Crippen LogP contribution < -0.4 is 4.90 Å². The van der Waals surface area contributed by atoms with E-state index in [9.17, 15) is 14.4 Å². The molecule has 8 nitrogen and oxygen atoms in total. The van der Waals surface area contributed by atoms with Crippen molar-refractivity contribution in [1.29, 1.82) is 0 Å². The fourth-order valence-corrected chi connectivity index (χ4v) is 6.77. The van der Waals surface area contributed by atoms with Gasteiger partial charge in [0.2, 0.25) is 5.91 Å². The van der Waals surface area contributed by atoms with Crippen LogP contribution in [0.25, 0.3) is 10.8 Å². The first-order valence-electron chi connectivity index (χ1n) is 14.7. The van der Waals surface area contributed by atoms with Crippen molar-refractivity contribution in [3.63, 3.8) is 0 Å². The highest BCUT2D eigenvalue weighted by atomic mass is 16.2. The van der Waals surface area contributed by atoms with Crippen LogP contribution in [-0.2, 0) is 9.59 Å². The Morgan fingerprint density at radius 2 is 1.54 bits per heavy atom. The van der Waals surface area contributed by atoms with Crippen LogP contribution in [0.2, 0.25) is 0 Å². The number of para-hydroxylation sites is 1. The van der Waals surface area contributed by atoms with Crippen molar-refractivity contribution >= 4 is 34.2 Å². The van der Waals surface area contributed by atoms with Crippen molar-refractivity contribution < 1.29 is 14.4 Å². The standard InChI is InChI=1S/C33H39N5O3/c1-34-18-14-28(15-19-34)35(2)30(39)23-37-24-38(29-10-4-3-5-11-29)33(32(37)41)16-20-36(21-17-33)31(40)27-13-12-25-8-6-7-9-26(25)22-27/h3-13,22,28H,14-21,23-24H2,1-2H3. The van der Waals surface area contributed by atoms with Crippen LogP contribution >= 0.6 is 0 Å². The lowest BCUT2D eigenvalue weighted by atomic mass is 9.85. The molecule has 3 aromatic carbocycles. The SMILES string of the molecule is CN1CCC(N(C)C(=O)CN2CN(c3ccccc3)C3(CCN(C(=O)c4ccc5ccccc5c4)CC3)C2=O)CC1. The number of anilines is 1. The summed E-state index contributed by atoms with van der Waals surface area (Å²) in [6, 6.07) is 24.1. The number of benzene rings is 3. The number of likely N-dealkylation sites (tertiary alicyclic amines) is 2. The van der Waals surface area contributed by atoms with Crippen molar-refractivity contribution in [2.24, 2.45) is 0 Å². The zero-order valence-electron chi connectivity index (χ0n) is 24.0. The third-order valence-electron chi connectivity index (χ3n) is 9.41. The van der Waals surface area contributed by atoms with Crippen molar-refractivity contribution in [1.82, 2.24) is 19.6 Å². The van der Waals surface area contributed by atoms with Gasteiger partial charge >= 0.3 is 0 Å². The van der Waals surface area contributed by atoms with Crippen molar-refractivity contribution in [2.75, 3.05) is 58.4 Å². The lowest BCUT2D eigenvalue weighted by molar-refractivity contribution is -0.141. The molecule has 0 bridgehead atoms. The quantitative estimate of drug-likeness (QED) is 0.483. The molecule has 41 heavy (non-hydrogen) atoms. The minimum absolute atomic E-state index is 0.00547. The topological polar surface area (TPSA) is 67.4 Å². The maximum absolute atomic E-state index is 14.1. The highest BCUT2D eigenvalue weighted by molar-refractivity contribution is 6.00. The van der Waals surface area contributed by atoms with Crippen LogP contribution in [0.5, 0.6) is 0 Å². The normalized spacial score (nSPS) is 19.8. The highest BCUT2D eigenvalue weighted by Crippen LogP contribution is 2.40. The number of carbonyl (C=O) groups excluding carboxylic acids is 3. The predicted molar refractivity (Wildman–Crippen MR) is 161 cm³/mol. The van der Waals surface area contributed by atoms with Crippen LogP contribution in [0, 0.1) is 0 Å². The fourth-order valence-electron chi connectivity index (χ4n) is 6.77. The summed E-state index contributed by atoms with van der Waals surface area (Å²) >= 11 is 0. The molecular weight excluding hydrogens is 514 g/mol. The molecular formula is C33H39N5O3. The van der Waals surface area contributed by atoms with Gasteiger partial charge in [-0.3, -0.25) is 14.4 Å². The summed E-state index contributed by atoms with van der Waals surface area (Å²) in [7, 11) is 3.99. The molecule has 1 spiro atoms. The Morgan fingerprint density at radius 1 is 0.878 bits per heavy atom. The third-order valence-corrected chi connectivity index (χ3v) is 9.41. The van der Waals surface area contributed by atoms with Crippen LogP contribution in [0.1, 0.15) is 36.0 Å². The number of likely N-dealkylation sites (N-methyl/N-ethyl adjacent to an activating group) is 1. The molecule has 3 heterocycles. The van der Waals surface area contributed by atoms with Crippen LogP contribution in [0.3, 0.4) is 0 Å². The Labute approximate surface area is 242 Å². The Balaban J connectivity index is 1.18. The van der Waals surface area contributed by atoms with Gasteiger partial charge in [-0.05, 0) is 80.9 Å². The maximum Gasteiger partial charge on any atom is 0.253 e. The highest BCUT2D eigenvalue weighted by Gasteiger charge is 2.54. The number of rotatable bonds is 5. The van der Waals surface area contributed by atoms with Crippen LogP contribution in [-0.4, -0.2) is 102 Å². The molecule has 8 heteroatoms. The van der Waals surface area contributed by atoms with E-state index in [4.69, 9.17) is 0 Å². The minimum atomic E-state index is -0.770. The Kier molecular flexibility index (Phi) is 7.43. The first-order valence-corrected chi connectivity index (χ1v) is 14.7. The van der Waals surface area contributed by atoms with E-state index < -0.39 is 5.54 Å². The molecule has 0 aromatic heterocycles. The van der Waals surface area contributed by atoms with Gasteiger partial charge < -0.3 is 24.5 Å².